The second kappa shape index (κ2) is 6.69. The summed E-state index contributed by atoms with van der Waals surface area (Å²) in [6.45, 7) is 3.16. The predicted octanol–water partition coefficient (Wildman–Crippen LogP) is 0.739. The molecule has 7 nitrogen and oxygen atoms in total. The van der Waals surface area contributed by atoms with Crippen molar-refractivity contribution in [2.24, 2.45) is 5.73 Å². The van der Waals surface area contributed by atoms with Crippen molar-refractivity contribution in [3.8, 4) is 0 Å². The number of carbonyl (C=O) groups excluding carboxylic acids is 1. The van der Waals surface area contributed by atoms with E-state index < -0.39 is 4.92 Å². The molecule has 0 radical (unpaired) electrons. The third-order valence-corrected chi connectivity index (χ3v) is 2.65. The summed E-state index contributed by atoms with van der Waals surface area (Å²) in [5, 5.41) is 13.6. The van der Waals surface area contributed by atoms with Gasteiger partial charge < -0.3 is 16.0 Å². The van der Waals surface area contributed by atoms with Crippen LogP contribution in [0.25, 0.3) is 0 Å². The second-order valence-electron chi connectivity index (χ2n) is 4.03. The van der Waals surface area contributed by atoms with Gasteiger partial charge in [-0.1, -0.05) is 0 Å². The molecule has 0 saturated heterocycles. The SMILES string of the molecule is CCNC(=O)c1ccc([N+](=O)[O-])c(N(C)CCN)c1. The molecular weight excluding hydrogens is 248 g/mol. The van der Waals surface area contributed by atoms with Crippen LogP contribution >= 0.6 is 0 Å². The highest BCUT2D eigenvalue weighted by molar-refractivity contribution is 5.95. The van der Waals surface area contributed by atoms with E-state index in [9.17, 15) is 14.9 Å². The van der Waals surface area contributed by atoms with Crippen molar-refractivity contribution in [3.05, 3.63) is 33.9 Å². The molecule has 0 unspecified atom stereocenters. The topological polar surface area (TPSA) is 101 Å². The van der Waals surface area contributed by atoms with Crippen LogP contribution in [0.2, 0.25) is 0 Å². The monoisotopic (exact) mass is 266 g/mol. The van der Waals surface area contributed by atoms with Gasteiger partial charge in [0.15, 0.2) is 0 Å². The second-order valence-corrected chi connectivity index (χ2v) is 4.03. The van der Waals surface area contributed by atoms with Gasteiger partial charge in [-0.3, -0.25) is 14.9 Å². The van der Waals surface area contributed by atoms with Crippen LogP contribution in [0.15, 0.2) is 18.2 Å². The number of hydrogen-bond acceptors (Lipinski definition) is 5. The fraction of sp³-hybridized carbons (Fsp3) is 0.417. The number of nitrogens with two attached hydrogens (primary N) is 1. The standard InChI is InChI=1S/C12H18N4O3/c1-3-14-12(17)9-4-5-10(16(18)19)11(8-9)15(2)7-6-13/h4-5,8H,3,6-7,13H2,1-2H3,(H,14,17). The lowest BCUT2D eigenvalue weighted by Gasteiger charge is -2.18. The predicted molar refractivity (Wildman–Crippen MR) is 73.4 cm³/mol. The van der Waals surface area contributed by atoms with Crippen molar-refractivity contribution >= 4 is 17.3 Å². The minimum absolute atomic E-state index is 0.0380. The highest BCUT2D eigenvalue weighted by Crippen LogP contribution is 2.28. The summed E-state index contributed by atoms with van der Waals surface area (Å²) in [7, 11) is 1.71. The molecule has 3 N–H and O–H groups in total. The van der Waals surface area contributed by atoms with Crippen LogP contribution in [0.5, 0.6) is 0 Å². The van der Waals surface area contributed by atoms with Crippen LogP contribution in [-0.4, -0.2) is 37.5 Å². The summed E-state index contributed by atoms with van der Waals surface area (Å²) in [4.78, 5) is 23.9. The van der Waals surface area contributed by atoms with E-state index in [0.717, 1.165) is 0 Å². The number of rotatable bonds is 6. The average molecular weight is 266 g/mol. The fourth-order valence-electron chi connectivity index (χ4n) is 1.70. The number of hydrogen-bond donors (Lipinski definition) is 2. The quantitative estimate of drug-likeness (QED) is 0.584. The maximum atomic E-state index is 11.7. The first-order valence-corrected chi connectivity index (χ1v) is 5.99. The number of amides is 1. The zero-order chi connectivity index (χ0) is 14.4. The Balaban J connectivity index is 3.18. The van der Waals surface area contributed by atoms with E-state index in [1.807, 2.05) is 6.92 Å². The van der Waals surface area contributed by atoms with Crippen LogP contribution in [-0.2, 0) is 0 Å². The van der Waals surface area contributed by atoms with E-state index in [1.165, 1.54) is 18.2 Å². The van der Waals surface area contributed by atoms with Gasteiger partial charge in [0.25, 0.3) is 11.6 Å². The summed E-state index contributed by atoms with van der Waals surface area (Å²) >= 11 is 0. The largest absolute Gasteiger partial charge is 0.368 e. The Morgan fingerprint density at radius 2 is 2.21 bits per heavy atom. The average Bonchev–Trinajstić information content (AvgIpc) is 2.38. The van der Waals surface area contributed by atoms with E-state index in [4.69, 9.17) is 5.73 Å². The van der Waals surface area contributed by atoms with Gasteiger partial charge in [0, 0.05) is 38.3 Å². The number of likely N-dealkylation sites (N-methyl/N-ethyl adjacent to an activating group) is 1. The molecule has 0 bridgehead atoms. The van der Waals surface area contributed by atoms with Crippen molar-refractivity contribution in [1.29, 1.82) is 0 Å². The van der Waals surface area contributed by atoms with Gasteiger partial charge >= 0.3 is 0 Å². The van der Waals surface area contributed by atoms with Crippen molar-refractivity contribution in [3.63, 3.8) is 0 Å². The fourth-order valence-corrected chi connectivity index (χ4v) is 1.70. The highest BCUT2D eigenvalue weighted by atomic mass is 16.6. The molecule has 1 aromatic carbocycles. The number of nitro benzene ring substituents is 1. The van der Waals surface area contributed by atoms with Crippen molar-refractivity contribution in [1.82, 2.24) is 5.32 Å². The first-order chi connectivity index (χ1) is 9.01. The van der Waals surface area contributed by atoms with E-state index >= 15 is 0 Å². The highest BCUT2D eigenvalue weighted by Gasteiger charge is 2.19. The Morgan fingerprint density at radius 3 is 2.74 bits per heavy atom. The van der Waals surface area contributed by atoms with E-state index in [0.29, 0.717) is 30.9 Å². The molecule has 7 heteroatoms. The Labute approximate surface area is 111 Å². The smallest absolute Gasteiger partial charge is 0.292 e. The first kappa shape index (κ1) is 14.9. The Morgan fingerprint density at radius 1 is 1.53 bits per heavy atom. The zero-order valence-corrected chi connectivity index (χ0v) is 11.0. The zero-order valence-electron chi connectivity index (χ0n) is 11.0. The van der Waals surface area contributed by atoms with E-state index in [1.54, 1.807) is 11.9 Å². The summed E-state index contributed by atoms with van der Waals surface area (Å²) in [5.74, 6) is -0.250. The minimum atomic E-state index is -0.468. The number of benzene rings is 1. The molecule has 19 heavy (non-hydrogen) atoms. The number of nitro groups is 1. The summed E-state index contributed by atoms with van der Waals surface area (Å²) in [6, 6.07) is 4.30. The van der Waals surface area contributed by atoms with Gasteiger partial charge in [-0.2, -0.15) is 0 Å². The van der Waals surface area contributed by atoms with Crippen molar-refractivity contribution < 1.29 is 9.72 Å². The number of anilines is 1. The van der Waals surface area contributed by atoms with Gasteiger partial charge in [-0.25, -0.2) is 0 Å². The molecule has 0 fully saturated rings. The maximum absolute atomic E-state index is 11.7. The lowest BCUT2D eigenvalue weighted by Crippen LogP contribution is -2.27. The molecule has 0 aromatic heterocycles. The van der Waals surface area contributed by atoms with Gasteiger partial charge in [0.1, 0.15) is 5.69 Å². The lowest BCUT2D eigenvalue weighted by atomic mass is 10.1. The number of nitrogens with one attached hydrogen (secondary N) is 1. The van der Waals surface area contributed by atoms with Crippen LogP contribution in [0, 0.1) is 10.1 Å². The minimum Gasteiger partial charge on any atom is -0.368 e. The molecule has 0 atom stereocenters. The molecule has 0 aliphatic carbocycles. The Hall–Kier alpha value is -2.15. The number of nitrogens with zero attached hydrogens (tertiary/aromatic N) is 2. The Kier molecular flexibility index (Phi) is 5.25. The molecule has 1 rings (SSSR count). The van der Waals surface area contributed by atoms with Gasteiger partial charge in [-0.15, -0.1) is 0 Å². The Bertz CT molecular complexity index is 476. The van der Waals surface area contributed by atoms with Crippen molar-refractivity contribution in [2.75, 3.05) is 31.6 Å². The normalized spacial score (nSPS) is 10.1. The lowest BCUT2D eigenvalue weighted by molar-refractivity contribution is -0.384. The molecule has 1 amide bonds. The molecule has 0 spiro atoms. The van der Waals surface area contributed by atoms with Crippen LogP contribution in [0.3, 0.4) is 0 Å². The first-order valence-electron chi connectivity index (χ1n) is 5.99. The summed E-state index contributed by atoms with van der Waals surface area (Å²) < 4.78 is 0. The maximum Gasteiger partial charge on any atom is 0.292 e. The molecule has 0 heterocycles. The molecule has 0 aliphatic heterocycles. The third-order valence-electron chi connectivity index (χ3n) is 2.65. The van der Waals surface area contributed by atoms with Gasteiger partial charge in [0.2, 0.25) is 0 Å². The summed E-state index contributed by atoms with van der Waals surface area (Å²) in [6.07, 6.45) is 0. The molecule has 1 aromatic rings. The van der Waals surface area contributed by atoms with Gasteiger partial charge in [-0.05, 0) is 19.1 Å². The van der Waals surface area contributed by atoms with E-state index in [2.05, 4.69) is 5.32 Å². The van der Waals surface area contributed by atoms with Crippen molar-refractivity contribution in [2.45, 2.75) is 6.92 Å². The van der Waals surface area contributed by atoms with Crippen LogP contribution < -0.4 is 16.0 Å². The summed E-state index contributed by atoms with van der Waals surface area (Å²) in [5.41, 5.74) is 6.19. The van der Waals surface area contributed by atoms with Gasteiger partial charge in [0.05, 0.1) is 4.92 Å². The number of carbonyl (C=O) groups is 1. The van der Waals surface area contributed by atoms with E-state index in [-0.39, 0.29) is 11.6 Å². The molecule has 0 saturated carbocycles. The molecular formula is C12H18N4O3. The molecule has 104 valence electrons. The van der Waals surface area contributed by atoms with Crippen LogP contribution in [0.1, 0.15) is 17.3 Å². The van der Waals surface area contributed by atoms with Crippen LogP contribution in [0.4, 0.5) is 11.4 Å². The third kappa shape index (κ3) is 3.65. The molecule has 0 aliphatic rings.